The molecule has 0 radical (unpaired) electrons. The van der Waals surface area contributed by atoms with E-state index < -0.39 is 0 Å². The molecule has 0 unspecified atom stereocenters. The lowest BCUT2D eigenvalue weighted by atomic mass is 9.68. The summed E-state index contributed by atoms with van der Waals surface area (Å²) in [5, 5.41) is 3.51. The maximum Gasteiger partial charge on any atom is 0.193 e. The van der Waals surface area contributed by atoms with E-state index in [1.165, 1.54) is 43.4 Å². The minimum atomic E-state index is 0.611. The van der Waals surface area contributed by atoms with E-state index in [1.54, 1.807) is 7.11 Å². The molecule has 4 heteroatoms. The monoisotopic (exact) mass is 301 g/mol. The number of hydrogen-bond acceptors (Lipinski definition) is 2. The normalized spacial score (nSPS) is 20.3. The summed E-state index contributed by atoms with van der Waals surface area (Å²) in [7, 11) is 3.61. The van der Waals surface area contributed by atoms with E-state index in [-0.39, 0.29) is 0 Å². The van der Waals surface area contributed by atoms with Crippen molar-refractivity contribution in [3.05, 3.63) is 35.4 Å². The molecule has 0 amide bonds. The van der Waals surface area contributed by atoms with Crippen LogP contribution in [-0.2, 0) is 17.9 Å². The van der Waals surface area contributed by atoms with Crippen molar-refractivity contribution in [2.24, 2.45) is 10.4 Å². The summed E-state index contributed by atoms with van der Waals surface area (Å²) in [5.74, 6) is 1.05. The van der Waals surface area contributed by atoms with E-state index >= 15 is 0 Å². The Kier molecular flexibility index (Phi) is 4.67. The number of nitrogens with zero attached hydrogens (tertiary/aromatic N) is 2. The van der Waals surface area contributed by atoms with Gasteiger partial charge in [0.15, 0.2) is 5.96 Å². The van der Waals surface area contributed by atoms with Crippen molar-refractivity contribution in [3.8, 4) is 0 Å². The molecule has 120 valence electrons. The van der Waals surface area contributed by atoms with Gasteiger partial charge in [-0.25, -0.2) is 0 Å². The van der Waals surface area contributed by atoms with Crippen LogP contribution in [0.1, 0.15) is 36.8 Å². The van der Waals surface area contributed by atoms with Gasteiger partial charge in [-0.2, -0.15) is 0 Å². The van der Waals surface area contributed by atoms with Gasteiger partial charge in [0.2, 0.25) is 0 Å². The molecular formula is C18H27N3O. The smallest absolute Gasteiger partial charge is 0.193 e. The van der Waals surface area contributed by atoms with Gasteiger partial charge in [0.25, 0.3) is 0 Å². The van der Waals surface area contributed by atoms with Crippen LogP contribution >= 0.6 is 0 Å². The highest BCUT2D eigenvalue weighted by atomic mass is 16.5. The van der Waals surface area contributed by atoms with Crippen molar-refractivity contribution in [2.45, 2.75) is 38.8 Å². The number of benzene rings is 1. The molecule has 1 saturated heterocycles. The number of ether oxygens (including phenoxy) is 1. The second-order valence-electron chi connectivity index (χ2n) is 6.68. The van der Waals surface area contributed by atoms with Crippen LogP contribution in [0.2, 0.25) is 0 Å². The number of methoxy groups -OCH3 is 1. The molecule has 1 aromatic rings. The molecule has 1 aliphatic heterocycles. The summed E-state index contributed by atoms with van der Waals surface area (Å²) >= 11 is 0. The zero-order chi connectivity index (χ0) is 15.4. The summed E-state index contributed by atoms with van der Waals surface area (Å²) < 4.78 is 5.15. The lowest BCUT2D eigenvalue weighted by molar-refractivity contribution is 0.151. The third-order valence-electron chi connectivity index (χ3n) is 5.15. The largest absolute Gasteiger partial charge is 0.380 e. The first-order valence-corrected chi connectivity index (χ1v) is 8.27. The molecule has 0 aromatic heterocycles. The van der Waals surface area contributed by atoms with Gasteiger partial charge in [0.1, 0.15) is 0 Å². The number of aliphatic imine (C=N–C) groups is 1. The Morgan fingerprint density at radius 2 is 1.95 bits per heavy atom. The van der Waals surface area contributed by atoms with Crippen molar-refractivity contribution < 1.29 is 4.74 Å². The number of guanidine groups is 1. The summed E-state index contributed by atoms with van der Waals surface area (Å²) in [4.78, 5) is 6.90. The molecule has 0 bridgehead atoms. The minimum absolute atomic E-state index is 0.611. The second kappa shape index (κ2) is 6.69. The lowest BCUT2D eigenvalue weighted by Gasteiger charge is -2.38. The van der Waals surface area contributed by atoms with Gasteiger partial charge in [-0.05, 0) is 35.8 Å². The van der Waals surface area contributed by atoms with E-state index in [4.69, 9.17) is 4.74 Å². The number of nitrogens with one attached hydrogen (secondary N) is 1. The summed E-state index contributed by atoms with van der Waals surface area (Å²) in [6.45, 7) is 3.82. The maximum absolute atomic E-state index is 5.15. The lowest BCUT2D eigenvalue weighted by Crippen LogP contribution is -2.42. The van der Waals surface area contributed by atoms with E-state index in [1.807, 2.05) is 7.05 Å². The third kappa shape index (κ3) is 3.27. The van der Waals surface area contributed by atoms with Crippen molar-refractivity contribution in [3.63, 3.8) is 0 Å². The molecule has 2 aliphatic rings. The minimum Gasteiger partial charge on any atom is -0.380 e. The molecule has 1 heterocycles. The van der Waals surface area contributed by atoms with Gasteiger partial charge in [-0.3, -0.25) is 4.99 Å². The highest BCUT2D eigenvalue weighted by molar-refractivity contribution is 5.80. The Hall–Kier alpha value is -1.55. The van der Waals surface area contributed by atoms with Gasteiger partial charge in [-0.1, -0.05) is 30.7 Å². The summed E-state index contributed by atoms with van der Waals surface area (Å²) in [5.41, 5.74) is 3.10. The van der Waals surface area contributed by atoms with Crippen LogP contribution in [0.4, 0.5) is 0 Å². The molecular weight excluding hydrogens is 274 g/mol. The Morgan fingerprint density at radius 3 is 2.50 bits per heavy atom. The molecule has 1 aliphatic carbocycles. The predicted octanol–water partition coefficient (Wildman–Crippen LogP) is 2.78. The molecule has 1 N–H and O–H groups in total. The Labute approximate surface area is 133 Å². The molecule has 2 fully saturated rings. The first-order chi connectivity index (χ1) is 10.7. The standard InChI is InChI=1S/C18H27N3O/c1-19-17(21-11-10-18(14-21)8-3-9-18)20-12-15-4-6-16(7-5-15)13-22-2/h4-7H,3,8-14H2,1-2H3,(H,19,20). The van der Waals surface area contributed by atoms with Crippen LogP contribution in [0.3, 0.4) is 0 Å². The third-order valence-corrected chi connectivity index (χ3v) is 5.15. The molecule has 1 aromatic carbocycles. The highest BCUT2D eigenvalue weighted by Crippen LogP contribution is 2.47. The van der Waals surface area contributed by atoms with Crippen LogP contribution in [0.15, 0.2) is 29.3 Å². The quantitative estimate of drug-likeness (QED) is 0.686. The topological polar surface area (TPSA) is 36.9 Å². The van der Waals surface area contributed by atoms with Gasteiger partial charge in [0, 0.05) is 33.8 Å². The van der Waals surface area contributed by atoms with Crippen LogP contribution < -0.4 is 5.32 Å². The second-order valence-corrected chi connectivity index (χ2v) is 6.68. The maximum atomic E-state index is 5.15. The van der Waals surface area contributed by atoms with Crippen molar-refractivity contribution >= 4 is 5.96 Å². The van der Waals surface area contributed by atoms with Gasteiger partial charge in [-0.15, -0.1) is 0 Å². The number of hydrogen-bond donors (Lipinski definition) is 1. The first-order valence-electron chi connectivity index (χ1n) is 8.27. The first kappa shape index (κ1) is 15.3. The number of rotatable bonds is 4. The van der Waals surface area contributed by atoms with E-state index in [0.29, 0.717) is 12.0 Å². The molecule has 3 rings (SSSR count). The van der Waals surface area contributed by atoms with Crippen molar-refractivity contribution in [1.82, 2.24) is 10.2 Å². The zero-order valence-corrected chi connectivity index (χ0v) is 13.8. The SMILES string of the molecule is CN=C(NCc1ccc(COC)cc1)N1CCC2(CCC2)C1. The summed E-state index contributed by atoms with van der Waals surface area (Å²) in [6.07, 6.45) is 5.55. The van der Waals surface area contributed by atoms with Crippen molar-refractivity contribution in [2.75, 3.05) is 27.2 Å². The molecule has 1 saturated carbocycles. The average Bonchev–Trinajstić information content (AvgIpc) is 2.96. The van der Waals surface area contributed by atoms with Crippen LogP contribution in [-0.4, -0.2) is 38.1 Å². The number of likely N-dealkylation sites (tertiary alicyclic amines) is 1. The fraction of sp³-hybridized carbons (Fsp3) is 0.611. The molecule has 4 nitrogen and oxygen atoms in total. The van der Waals surface area contributed by atoms with Gasteiger partial charge >= 0.3 is 0 Å². The van der Waals surface area contributed by atoms with Crippen LogP contribution in [0.5, 0.6) is 0 Å². The fourth-order valence-electron chi connectivity index (χ4n) is 3.63. The Morgan fingerprint density at radius 1 is 1.23 bits per heavy atom. The van der Waals surface area contributed by atoms with E-state index in [2.05, 4.69) is 39.5 Å². The van der Waals surface area contributed by atoms with E-state index in [9.17, 15) is 0 Å². The van der Waals surface area contributed by atoms with E-state index in [0.717, 1.165) is 19.0 Å². The Balaban J connectivity index is 1.53. The van der Waals surface area contributed by atoms with Crippen LogP contribution in [0.25, 0.3) is 0 Å². The fourth-order valence-corrected chi connectivity index (χ4v) is 3.63. The molecule has 0 atom stereocenters. The average molecular weight is 301 g/mol. The molecule has 22 heavy (non-hydrogen) atoms. The highest BCUT2D eigenvalue weighted by Gasteiger charge is 2.43. The van der Waals surface area contributed by atoms with Gasteiger partial charge < -0.3 is 15.0 Å². The van der Waals surface area contributed by atoms with Gasteiger partial charge in [0.05, 0.1) is 6.61 Å². The Bertz CT molecular complexity index is 520. The van der Waals surface area contributed by atoms with Crippen molar-refractivity contribution in [1.29, 1.82) is 0 Å². The predicted molar refractivity (Wildman–Crippen MR) is 89.8 cm³/mol. The molecule has 1 spiro atoms. The zero-order valence-electron chi connectivity index (χ0n) is 13.8. The van der Waals surface area contributed by atoms with Crippen LogP contribution in [0, 0.1) is 5.41 Å². The summed E-state index contributed by atoms with van der Waals surface area (Å²) in [6, 6.07) is 8.57.